The Bertz CT molecular complexity index is 1000. The van der Waals surface area contributed by atoms with Crippen molar-refractivity contribution in [2.24, 2.45) is 0 Å². The Morgan fingerprint density at radius 3 is 2.32 bits per heavy atom. The van der Waals surface area contributed by atoms with Gasteiger partial charge in [0.1, 0.15) is 11.0 Å². The summed E-state index contributed by atoms with van der Waals surface area (Å²) < 4.78 is 44.6. The lowest BCUT2D eigenvalue weighted by Gasteiger charge is -2.36. The van der Waals surface area contributed by atoms with Crippen LogP contribution in [0.25, 0.3) is 0 Å². The lowest BCUT2D eigenvalue weighted by molar-refractivity contribution is -0.176. The molecule has 0 aliphatic carbocycles. The second-order valence-corrected chi connectivity index (χ2v) is 10.5. The predicted octanol–water partition coefficient (Wildman–Crippen LogP) is 4.08. The second-order valence-electron chi connectivity index (χ2n) is 8.39. The number of carbonyl (C=O) groups is 1. The van der Waals surface area contributed by atoms with Crippen LogP contribution in [-0.2, 0) is 24.1 Å². The number of hydrogen-bond acceptors (Lipinski definition) is 7. The monoisotopic (exact) mass is 489 g/mol. The van der Waals surface area contributed by atoms with Crippen molar-refractivity contribution in [3.63, 3.8) is 0 Å². The van der Waals surface area contributed by atoms with E-state index in [1.54, 1.807) is 55.5 Å². The van der Waals surface area contributed by atoms with Crippen LogP contribution in [0.4, 0.5) is 0 Å². The number of carbonyl (C=O) groups excluding carboxylic acids is 1. The molecule has 0 amide bonds. The SMILES string of the molecule is CCCCOc1ccc(S(=O)(=O)C(COC2(C(=O)OCC)CCNCC2)c2ccccc2)cc1. The van der Waals surface area contributed by atoms with E-state index in [9.17, 15) is 13.2 Å². The molecule has 1 aliphatic heterocycles. The number of unbranched alkanes of at least 4 members (excludes halogenated alkanes) is 1. The van der Waals surface area contributed by atoms with Gasteiger partial charge in [0.15, 0.2) is 15.4 Å². The van der Waals surface area contributed by atoms with E-state index in [-0.39, 0.29) is 18.1 Å². The molecule has 1 unspecified atom stereocenters. The number of rotatable bonds is 12. The van der Waals surface area contributed by atoms with Crippen LogP contribution in [0.3, 0.4) is 0 Å². The molecule has 0 saturated carbocycles. The Morgan fingerprint density at radius 2 is 1.71 bits per heavy atom. The fourth-order valence-corrected chi connectivity index (χ4v) is 5.60. The number of ether oxygens (including phenoxy) is 3. The first-order valence-corrected chi connectivity index (χ1v) is 13.5. The summed E-state index contributed by atoms with van der Waals surface area (Å²) in [6.07, 6.45) is 2.81. The van der Waals surface area contributed by atoms with Crippen LogP contribution in [0.5, 0.6) is 5.75 Å². The first-order valence-electron chi connectivity index (χ1n) is 12.0. The minimum atomic E-state index is -3.81. The van der Waals surface area contributed by atoms with Crippen molar-refractivity contribution in [2.45, 2.75) is 55.3 Å². The summed E-state index contributed by atoms with van der Waals surface area (Å²) in [4.78, 5) is 13.0. The highest BCUT2D eigenvalue weighted by Crippen LogP contribution is 2.34. The molecule has 3 rings (SSSR count). The molecular weight excluding hydrogens is 454 g/mol. The quantitative estimate of drug-likeness (QED) is 0.355. The number of nitrogens with one attached hydrogen (secondary N) is 1. The zero-order valence-electron chi connectivity index (χ0n) is 20.0. The lowest BCUT2D eigenvalue weighted by Crippen LogP contribution is -2.51. The maximum Gasteiger partial charge on any atom is 0.338 e. The van der Waals surface area contributed by atoms with Crippen molar-refractivity contribution < 1.29 is 27.4 Å². The highest BCUT2D eigenvalue weighted by Gasteiger charge is 2.44. The van der Waals surface area contributed by atoms with Crippen molar-refractivity contribution in [2.75, 3.05) is 32.9 Å². The number of piperidine rings is 1. The Labute approximate surface area is 202 Å². The maximum atomic E-state index is 13.7. The smallest absolute Gasteiger partial charge is 0.338 e. The molecule has 1 N–H and O–H groups in total. The summed E-state index contributed by atoms with van der Waals surface area (Å²) in [5.74, 6) is 0.199. The molecule has 2 aromatic carbocycles. The normalized spacial score (nSPS) is 16.5. The van der Waals surface area contributed by atoms with Gasteiger partial charge in [-0.15, -0.1) is 0 Å². The molecule has 1 aliphatic rings. The standard InChI is InChI=1S/C26H35NO6S/c1-3-5-19-32-22-11-13-23(14-12-22)34(29,30)24(21-9-7-6-8-10-21)20-33-26(25(28)31-4-2)15-17-27-18-16-26/h6-14,24,27H,3-5,15-20H2,1-2H3. The Kier molecular flexibility index (Phi) is 9.50. The van der Waals surface area contributed by atoms with Crippen LogP contribution in [0.15, 0.2) is 59.5 Å². The van der Waals surface area contributed by atoms with E-state index in [1.165, 1.54) is 0 Å². The van der Waals surface area contributed by atoms with Crippen LogP contribution in [0, 0.1) is 0 Å². The molecule has 1 heterocycles. The van der Waals surface area contributed by atoms with Gasteiger partial charge in [-0.2, -0.15) is 0 Å². The van der Waals surface area contributed by atoms with Gasteiger partial charge in [0.2, 0.25) is 0 Å². The molecule has 1 atom stereocenters. The minimum Gasteiger partial charge on any atom is -0.494 e. The minimum absolute atomic E-state index is 0.153. The summed E-state index contributed by atoms with van der Waals surface area (Å²) in [6.45, 7) is 5.71. The van der Waals surface area contributed by atoms with Crippen molar-refractivity contribution in [3.8, 4) is 5.75 Å². The van der Waals surface area contributed by atoms with Crippen LogP contribution in [0.1, 0.15) is 50.3 Å². The largest absolute Gasteiger partial charge is 0.494 e. The van der Waals surface area contributed by atoms with Gasteiger partial charge in [0, 0.05) is 0 Å². The molecule has 7 nitrogen and oxygen atoms in total. The predicted molar refractivity (Wildman–Crippen MR) is 131 cm³/mol. The molecular formula is C26H35NO6S. The highest BCUT2D eigenvalue weighted by atomic mass is 32.2. The van der Waals surface area contributed by atoms with Gasteiger partial charge in [-0.1, -0.05) is 43.7 Å². The summed E-state index contributed by atoms with van der Waals surface area (Å²) in [6, 6.07) is 15.5. The lowest BCUT2D eigenvalue weighted by atomic mass is 9.92. The molecule has 1 fully saturated rings. The van der Waals surface area contributed by atoms with Crippen molar-refractivity contribution >= 4 is 15.8 Å². The summed E-state index contributed by atoms with van der Waals surface area (Å²) >= 11 is 0. The molecule has 2 aromatic rings. The van der Waals surface area contributed by atoms with E-state index in [4.69, 9.17) is 14.2 Å². The van der Waals surface area contributed by atoms with Crippen molar-refractivity contribution in [1.29, 1.82) is 0 Å². The third kappa shape index (κ3) is 6.37. The Hall–Kier alpha value is -2.42. The molecule has 8 heteroatoms. The first kappa shape index (κ1) is 26.2. The van der Waals surface area contributed by atoms with Gasteiger partial charge in [-0.05, 0) is 69.1 Å². The van der Waals surface area contributed by atoms with Crippen LogP contribution in [0.2, 0.25) is 0 Å². The highest BCUT2D eigenvalue weighted by molar-refractivity contribution is 7.91. The topological polar surface area (TPSA) is 90.9 Å². The van der Waals surface area contributed by atoms with Gasteiger partial charge >= 0.3 is 5.97 Å². The zero-order valence-corrected chi connectivity index (χ0v) is 20.8. The van der Waals surface area contributed by atoms with E-state index >= 15 is 0 Å². The third-order valence-electron chi connectivity index (χ3n) is 6.03. The second kappa shape index (κ2) is 12.3. The van der Waals surface area contributed by atoms with E-state index in [0.717, 1.165) is 12.8 Å². The number of benzene rings is 2. The first-order chi connectivity index (χ1) is 16.4. The van der Waals surface area contributed by atoms with E-state index in [1.807, 2.05) is 6.07 Å². The average molecular weight is 490 g/mol. The van der Waals surface area contributed by atoms with Crippen LogP contribution >= 0.6 is 0 Å². The van der Waals surface area contributed by atoms with Gasteiger partial charge < -0.3 is 19.5 Å². The zero-order chi connectivity index (χ0) is 24.4. The van der Waals surface area contributed by atoms with E-state index in [2.05, 4.69) is 12.2 Å². The van der Waals surface area contributed by atoms with Gasteiger partial charge in [-0.3, -0.25) is 0 Å². The van der Waals surface area contributed by atoms with Gasteiger partial charge in [0.05, 0.1) is 24.7 Å². The van der Waals surface area contributed by atoms with Gasteiger partial charge in [0.25, 0.3) is 0 Å². The fourth-order valence-electron chi connectivity index (χ4n) is 3.99. The molecule has 0 bridgehead atoms. The van der Waals surface area contributed by atoms with Gasteiger partial charge in [-0.25, -0.2) is 13.2 Å². The fraction of sp³-hybridized carbons (Fsp3) is 0.500. The number of hydrogen-bond donors (Lipinski definition) is 1. The number of sulfone groups is 1. The van der Waals surface area contributed by atoms with E-state index < -0.39 is 26.7 Å². The third-order valence-corrected chi connectivity index (χ3v) is 8.12. The summed E-state index contributed by atoms with van der Waals surface area (Å²) in [7, 11) is -3.81. The summed E-state index contributed by atoms with van der Waals surface area (Å²) in [5.41, 5.74) is -0.542. The van der Waals surface area contributed by atoms with Crippen molar-refractivity contribution in [1.82, 2.24) is 5.32 Å². The van der Waals surface area contributed by atoms with Crippen LogP contribution in [-0.4, -0.2) is 52.9 Å². The number of esters is 1. The maximum absolute atomic E-state index is 13.7. The molecule has 0 aromatic heterocycles. The molecule has 0 spiro atoms. The summed E-state index contributed by atoms with van der Waals surface area (Å²) in [5, 5.41) is 2.25. The van der Waals surface area contributed by atoms with Crippen LogP contribution < -0.4 is 10.1 Å². The van der Waals surface area contributed by atoms with Crippen molar-refractivity contribution in [3.05, 3.63) is 60.2 Å². The van der Waals surface area contributed by atoms with E-state index in [0.29, 0.717) is 43.9 Å². The molecule has 0 radical (unpaired) electrons. The molecule has 186 valence electrons. The molecule has 1 saturated heterocycles. The Balaban J connectivity index is 1.86. The molecule has 34 heavy (non-hydrogen) atoms. The average Bonchev–Trinajstić information content (AvgIpc) is 2.86. The Morgan fingerprint density at radius 1 is 1.03 bits per heavy atom.